The lowest BCUT2D eigenvalue weighted by Gasteiger charge is -2.34. The Morgan fingerprint density at radius 2 is 1.81 bits per heavy atom. The Labute approximate surface area is 193 Å². The van der Waals surface area contributed by atoms with Crippen LogP contribution in [0.15, 0.2) is 48.5 Å². The quantitative estimate of drug-likeness (QED) is 0.565. The van der Waals surface area contributed by atoms with Gasteiger partial charge in [-0.15, -0.1) is 0 Å². The number of amides is 2. The summed E-state index contributed by atoms with van der Waals surface area (Å²) in [7, 11) is 0. The number of nitrogens with one attached hydrogen (secondary N) is 2. The maximum Gasteiger partial charge on any atom is 0.251 e. The van der Waals surface area contributed by atoms with Gasteiger partial charge in [0.1, 0.15) is 11.9 Å². The molecule has 168 valence electrons. The van der Waals surface area contributed by atoms with Gasteiger partial charge in [-0.3, -0.25) is 9.59 Å². The second-order valence-corrected chi connectivity index (χ2v) is 9.34. The van der Waals surface area contributed by atoms with E-state index in [1.54, 1.807) is 24.3 Å². The lowest BCUT2D eigenvalue weighted by Crippen LogP contribution is -2.51. The van der Waals surface area contributed by atoms with Crippen LogP contribution in [0.25, 0.3) is 11.0 Å². The van der Waals surface area contributed by atoms with Gasteiger partial charge in [-0.05, 0) is 61.6 Å². The number of aromatic amines is 1. The molecule has 3 aromatic rings. The van der Waals surface area contributed by atoms with Crippen molar-refractivity contribution in [2.75, 3.05) is 13.1 Å². The number of hydrogen-bond donors (Lipinski definition) is 2. The topological polar surface area (TPSA) is 78.1 Å². The average molecular weight is 453 g/mol. The SMILES string of the molecule is CC(C)CC(NC(=O)c1ccc(Cl)cc1)C(=O)N1CCC(c2nc3ccccc3[nH]2)CC1. The highest BCUT2D eigenvalue weighted by molar-refractivity contribution is 6.30. The highest BCUT2D eigenvalue weighted by atomic mass is 35.5. The number of carbonyl (C=O) groups is 2. The Kier molecular flexibility index (Phi) is 6.80. The number of nitrogens with zero attached hydrogens (tertiary/aromatic N) is 2. The normalized spacial score (nSPS) is 15.8. The Morgan fingerprint density at radius 1 is 1.12 bits per heavy atom. The molecule has 7 heteroatoms. The molecular weight excluding hydrogens is 424 g/mol. The molecule has 0 saturated carbocycles. The van der Waals surface area contributed by atoms with E-state index in [1.807, 2.05) is 29.2 Å². The Morgan fingerprint density at radius 3 is 2.47 bits per heavy atom. The van der Waals surface area contributed by atoms with Crippen LogP contribution >= 0.6 is 11.6 Å². The number of para-hydroxylation sites is 2. The van der Waals surface area contributed by atoms with Crippen molar-refractivity contribution < 1.29 is 9.59 Å². The molecule has 1 aliphatic heterocycles. The summed E-state index contributed by atoms with van der Waals surface area (Å²) < 4.78 is 0. The van der Waals surface area contributed by atoms with Crippen LogP contribution in [-0.2, 0) is 4.79 Å². The van der Waals surface area contributed by atoms with E-state index in [-0.39, 0.29) is 17.7 Å². The second-order valence-electron chi connectivity index (χ2n) is 8.90. The highest BCUT2D eigenvalue weighted by Crippen LogP contribution is 2.28. The van der Waals surface area contributed by atoms with Crippen LogP contribution in [0.2, 0.25) is 5.02 Å². The minimum atomic E-state index is -0.541. The molecule has 1 unspecified atom stereocenters. The molecule has 0 spiro atoms. The second kappa shape index (κ2) is 9.74. The summed E-state index contributed by atoms with van der Waals surface area (Å²) in [6.07, 6.45) is 2.30. The molecule has 1 atom stereocenters. The van der Waals surface area contributed by atoms with Crippen molar-refractivity contribution in [3.05, 3.63) is 64.9 Å². The van der Waals surface area contributed by atoms with Crippen LogP contribution in [0.3, 0.4) is 0 Å². The maximum absolute atomic E-state index is 13.3. The molecule has 1 saturated heterocycles. The van der Waals surface area contributed by atoms with Crippen LogP contribution < -0.4 is 5.32 Å². The van der Waals surface area contributed by atoms with Crippen LogP contribution in [0.1, 0.15) is 55.2 Å². The van der Waals surface area contributed by atoms with Crippen molar-refractivity contribution in [1.82, 2.24) is 20.2 Å². The average Bonchev–Trinajstić information content (AvgIpc) is 3.23. The van der Waals surface area contributed by atoms with Gasteiger partial charge in [0.2, 0.25) is 5.91 Å². The van der Waals surface area contributed by atoms with Crippen molar-refractivity contribution in [3.63, 3.8) is 0 Å². The molecule has 32 heavy (non-hydrogen) atoms. The maximum atomic E-state index is 13.3. The molecule has 2 amide bonds. The summed E-state index contributed by atoms with van der Waals surface area (Å²) >= 11 is 5.92. The highest BCUT2D eigenvalue weighted by Gasteiger charge is 2.31. The predicted octanol–water partition coefficient (Wildman–Crippen LogP) is 4.77. The Hall–Kier alpha value is -2.86. The molecule has 0 aliphatic carbocycles. The van der Waals surface area contributed by atoms with Crippen molar-refractivity contribution in [2.45, 2.75) is 45.1 Å². The summed E-state index contributed by atoms with van der Waals surface area (Å²) in [5.41, 5.74) is 2.52. The Balaban J connectivity index is 1.40. The Bertz CT molecular complexity index is 1050. The van der Waals surface area contributed by atoms with E-state index in [0.717, 1.165) is 29.7 Å². The first kappa shape index (κ1) is 22.3. The van der Waals surface area contributed by atoms with E-state index in [0.29, 0.717) is 36.0 Å². The van der Waals surface area contributed by atoms with E-state index in [9.17, 15) is 9.59 Å². The number of halogens is 1. The monoisotopic (exact) mass is 452 g/mol. The zero-order valence-electron chi connectivity index (χ0n) is 18.5. The summed E-state index contributed by atoms with van der Waals surface area (Å²) in [5.74, 6) is 1.32. The summed E-state index contributed by atoms with van der Waals surface area (Å²) in [6, 6.07) is 14.2. The number of likely N-dealkylation sites (tertiary alicyclic amines) is 1. The smallest absolute Gasteiger partial charge is 0.251 e. The number of imidazole rings is 1. The van der Waals surface area contributed by atoms with Gasteiger partial charge in [0.15, 0.2) is 0 Å². The fraction of sp³-hybridized carbons (Fsp3) is 0.400. The van der Waals surface area contributed by atoms with Crippen LogP contribution in [0, 0.1) is 5.92 Å². The number of benzene rings is 2. The number of rotatable bonds is 6. The van der Waals surface area contributed by atoms with Crippen LogP contribution in [-0.4, -0.2) is 45.8 Å². The first-order chi connectivity index (χ1) is 15.4. The minimum Gasteiger partial charge on any atom is -0.342 e. The van der Waals surface area contributed by atoms with Crippen LogP contribution in [0.4, 0.5) is 0 Å². The van der Waals surface area contributed by atoms with E-state index < -0.39 is 6.04 Å². The fourth-order valence-electron chi connectivity index (χ4n) is 4.30. The number of hydrogen-bond acceptors (Lipinski definition) is 3. The lowest BCUT2D eigenvalue weighted by molar-refractivity contribution is -0.134. The first-order valence-electron chi connectivity index (χ1n) is 11.2. The molecule has 0 radical (unpaired) electrons. The number of carbonyl (C=O) groups excluding carboxylic acids is 2. The van der Waals surface area contributed by atoms with Crippen molar-refractivity contribution in [3.8, 4) is 0 Å². The first-order valence-corrected chi connectivity index (χ1v) is 11.6. The van der Waals surface area contributed by atoms with Crippen LogP contribution in [0.5, 0.6) is 0 Å². The van der Waals surface area contributed by atoms with Gasteiger partial charge in [0, 0.05) is 29.6 Å². The zero-order chi connectivity index (χ0) is 22.7. The van der Waals surface area contributed by atoms with Crippen molar-refractivity contribution >= 4 is 34.4 Å². The van der Waals surface area contributed by atoms with Crippen molar-refractivity contribution in [2.24, 2.45) is 5.92 Å². The molecule has 2 heterocycles. The molecule has 6 nitrogen and oxygen atoms in total. The van der Waals surface area contributed by atoms with Gasteiger partial charge in [-0.1, -0.05) is 37.6 Å². The number of fused-ring (bicyclic) bond motifs is 1. The molecule has 4 rings (SSSR count). The lowest BCUT2D eigenvalue weighted by atomic mass is 9.94. The van der Waals surface area contributed by atoms with E-state index in [4.69, 9.17) is 16.6 Å². The van der Waals surface area contributed by atoms with Gasteiger partial charge in [-0.2, -0.15) is 0 Å². The summed E-state index contributed by atoms with van der Waals surface area (Å²) in [6.45, 7) is 5.43. The number of piperidine rings is 1. The number of H-pyrrole nitrogens is 1. The third kappa shape index (κ3) is 5.13. The van der Waals surface area contributed by atoms with Crippen molar-refractivity contribution in [1.29, 1.82) is 0 Å². The predicted molar refractivity (Wildman–Crippen MR) is 127 cm³/mol. The number of aromatic nitrogens is 2. The largest absolute Gasteiger partial charge is 0.342 e. The third-order valence-corrected chi connectivity index (χ3v) is 6.27. The molecule has 1 aliphatic rings. The van der Waals surface area contributed by atoms with Gasteiger partial charge in [0.25, 0.3) is 5.91 Å². The van der Waals surface area contributed by atoms with E-state index in [1.165, 1.54) is 0 Å². The van der Waals surface area contributed by atoms with E-state index in [2.05, 4.69) is 24.1 Å². The molecule has 1 aromatic heterocycles. The summed E-state index contributed by atoms with van der Waals surface area (Å²) in [5, 5.41) is 3.52. The molecule has 0 bridgehead atoms. The summed E-state index contributed by atoms with van der Waals surface area (Å²) in [4.78, 5) is 36.1. The standard InChI is InChI=1S/C25H29ClN4O2/c1-16(2)15-22(29-24(31)18-7-9-19(26)10-8-18)25(32)30-13-11-17(12-14-30)23-27-20-5-3-4-6-21(20)28-23/h3-10,16-17,22H,11-15H2,1-2H3,(H,27,28)(H,29,31). The van der Waals surface area contributed by atoms with Gasteiger partial charge in [0.05, 0.1) is 11.0 Å². The molecule has 2 N–H and O–H groups in total. The van der Waals surface area contributed by atoms with Gasteiger partial charge >= 0.3 is 0 Å². The molecule has 1 fully saturated rings. The zero-order valence-corrected chi connectivity index (χ0v) is 19.2. The third-order valence-electron chi connectivity index (χ3n) is 6.02. The van der Waals surface area contributed by atoms with E-state index >= 15 is 0 Å². The van der Waals surface area contributed by atoms with Gasteiger partial charge in [-0.25, -0.2) is 4.98 Å². The fourth-order valence-corrected chi connectivity index (χ4v) is 4.42. The minimum absolute atomic E-state index is 0.0101. The molecule has 2 aromatic carbocycles. The van der Waals surface area contributed by atoms with Gasteiger partial charge < -0.3 is 15.2 Å². The molecular formula is C25H29ClN4O2.